The third-order valence-electron chi connectivity index (χ3n) is 4.20. The average Bonchev–Trinajstić information content (AvgIpc) is 3.38. The number of thiazole rings is 1. The van der Waals surface area contributed by atoms with E-state index in [1.807, 2.05) is 54.5 Å². The molecule has 0 aliphatic carbocycles. The molecule has 0 saturated carbocycles. The van der Waals surface area contributed by atoms with E-state index in [-0.39, 0.29) is 12.7 Å². The molecule has 0 spiro atoms. The van der Waals surface area contributed by atoms with Crippen molar-refractivity contribution >= 4 is 28.6 Å². The van der Waals surface area contributed by atoms with Crippen LogP contribution in [0.5, 0.6) is 11.5 Å². The number of rotatable bonds is 5. The lowest BCUT2D eigenvalue weighted by molar-refractivity contribution is 0.0756. The summed E-state index contributed by atoms with van der Waals surface area (Å²) < 4.78 is 10.8. The Bertz CT molecular complexity index is 934. The number of thiophene rings is 1. The van der Waals surface area contributed by atoms with Gasteiger partial charge in [-0.1, -0.05) is 12.1 Å². The quantitative estimate of drug-likeness (QED) is 0.644. The first-order valence-electron chi connectivity index (χ1n) is 8.35. The van der Waals surface area contributed by atoms with Crippen molar-refractivity contribution in [2.45, 2.75) is 20.4 Å². The average molecular weight is 386 g/mol. The van der Waals surface area contributed by atoms with Crippen molar-refractivity contribution in [2.24, 2.45) is 0 Å². The van der Waals surface area contributed by atoms with Crippen molar-refractivity contribution in [1.29, 1.82) is 0 Å². The molecule has 0 radical (unpaired) electrons. The van der Waals surface area contributed by atoms with E-state index >= 15 is 0 Å². The molecular formula is C19H18N2O3S2. The summed E-state index contributed by atoms with van der Waals surface area (Å²) in [5.74, 6) is 1.50. The zero-order valence-corrected chi connectivity index (χ0v) is 16.2. The summed E-state index contributed by atoms with van der Waals surface area (Å²) in [4.78, 5) is 21.3. The van der Waals surface area contributed by atoms with Gasteiger partial charge in [0.1, 0.15) is 9.88 Å². The molecule has 5 nitrogen and oxygen atoms in total. The Morgan fingerprint density at radius 1 is 1.27 bits per heavy atom. The summed E-state index contributed by atoms with van der Waals surface area (Å²) in [6, 6.07) is 9.83. The highest BCUT2D eigenvalue weighted by Gasteiger charge is 2.22. The van der Waals surface area contributed by atoms with Crippen molar-refractivity contribution in [3.05, 3.63) is 51.8 Å². The van der Waals surface area contributed by atoms with Crippen molar-refractivity contribution < 1.29 is 14.3 Å². The fourth-order valence-corrected chi connectivity index (χ4v) is 4.66. The summed E-state index contributed by atoms with van der Waals surface area (Å²) in [7, 11) is 0. The van der Waals surface area contributed by atoms with Gasteiger partial charge in [0, 0.05) is 13.1 Å². The van der Waals surface area contributed by atoms with Crippen molar-refractivity contribution in [1.82, 2.24) is 9.88 Å². The lowest BCUT2D eigenvalue weighted by Crippen LogP contribution is -2.30. The molecule has 0 unspecified atom stereocenters. The molecule has 1 aliphatic heterocycles. The Morgan fingerprint density at radius 3 is 2.88 bits per heavy atom. The number of amides is 1. The predicted molar refractivity (Wildman–Crippen MR) is 103 cm³/mol. The van der Waals surface area contributed by atoms with Gasteiger partial charge in [0.05, 0.1) is 10.6 Å². The van der Waals surface area contributed by atoms with Gasteiger partial charge in [-0.15, -0.1) is 22.7 Å². The number of hydrogen-bond acceptors (Lipinski definition) is 6. The van der Waals surface area contributed by atoms with E-state index in [0.717, 1.165) is 32.6 Å². The molecule has 3 aromatic rings. The molecule has 1 aliphatic rings. The SMILES string of the molecule is CCN(Cc1ccc2c(c1)OCO2)C(=O)c1sc(-c2cccs2)nc1C. The molecule has 26 heavy (non-hydrogen) atoms. The van der Waals surface area contributed by atoms with Crippen LogP contribution in [-0.2, 0) is 6.54 Å². The first-order chi connectivity index (χ1) is 12.7. The number of aryl methyl sites for hydroxylation is 1. The number of hydrogen-bond donors (Lipinski definition) is 0. The topological polar surface area (TPSA) is 51.7 Å². The van der Waals surface area contributed by atoms with Crippen LogP contribution in [0.4, 0.5) is 0 Å². The fourth-order valence-electron chi connectivity index (χ4n) is 2.83. The minimum Gasteiger partial charge on any atom is -0.454 e. The molecule has 0 fully saturated rings. The molecular weight excluding hydrogens is 368 g/mol. The van der Waals surface area contributed by atoms with Gasteiger partial charge in [0.15, 0.2) is 11.5 Å². The van der Waals surface area contributed by atoms with E-state index in [1.165, 1.54) is 11.3 Å². The van der Waals surface area contributed by atoms with E-state index in [0.29, 0.717) is 18.0 Å². The second-order valence-electron chi connectivity index (χ2n) is 5.92. The zero-order valence-electron chi connectivity index (χ0n) is 14.5. The van der Waals surface area contributed by atoms with Gasteiger partial charge < -0.3 is 14.4 Å². The lowest BCUT2D eigenvalue weighted by Gasteiger charge is -2.20. The second kappa shape index (κ2) is 7.09. The number of nitrogens with zero attached hydrogens (tertiary/aromatic N) is 2. The Morgan fingerprint density at radius 2 is 2.12 bits per heavy atom. The maximum Gasteiger partial charge on any atom is 0.266 e. The molecule has 134 valence electrons. The van der Waals surface area contributed by atoms with Crippen molar-refractivity contribution in [3.63, 3.8) is 0 Å². The molecule has 0 atom stereocenters. The molecule has 2 aromatic heterocycles. The first kappa shape index (κ1) is 17.1. The normalized spacial score (nSPS) is 12.4. The monoisotopic (exact) mass is 386 g/mol. The van der Waals surface area contributed by atoms with Crippen LogP contribution in [0, 0.1) is 6.92 Å². The fraction of sp³-hybridized carbons (Fsp3) is 0.263. The highest BCUT2D eigenvalue weighted by Crippen LogP contribution is 2.34. The first-order valence-corrected chi connectivity index (χ1v) is 10.0. The molecule has 1 aromatic carbocycles. The van der Waals surface area contributed by atoms with Crippen LogP contribution in [0.2, 0.25) is 0 Å². The minimum absolute atomic E-state index is 0.0166. The van der Waals surface area contributed by atoms with E-state index in [4.69, 9.17) is 9.47 Å². The smallest absolute Gasteiger partial charge is 0.266 e. The summed E-state index contributed by atoms with van der Waals surface area (Å²) in [6.07, 6.45) is 0. The van der Waals surface area contributed by atoms with Gasteiger partial charge in [-0.05, 0) is 43.0 Å². The minimum atomic E-state index is 0.0166. The Labute approximate surface area is 159 Å². The maximum atomic E-state index is 13.1. The number of carbonyl (C=O) groups excluding carboxylic acids is 1. The second-order valence-corrected chi connectivity index (χ2v) is 7.86. The summed E-state index contributed by atoms with van der Waals surface area (Å²) in [6.45, 7) is 5.29. The van der Waals surface area contributed by atoms with Gasteiger partial charge in [-0.3, -0.25) is 4.79 Å². The molecule has 0 saturated heterocycles. The van der Waals surface area contributed by atoms with Gasteiger partial charge in [-0.2, -0.15) is 0 Å². The largest absolute Gasteiger partial charge is 0.454 e. The van der Waals surface area contributed by atoms with E-state index < -0.39 is 0 Å². The third-order valence-corrected chi connectivity index (χ3v) is 6.39. The highest BCUT2D eigenvalue weighted by atomic mass is 32.1. The van der Waals surface area contributed by atoms with Gasteiger partial charge in [0.25, 0.3) is 5.91 Å². The molecule has 3 heterocycles. The van der Waals surface area contributed by atoms with Gasteiger partial charge in [0.2, 0.25) is 6.79 Å². The van der Waals surface area contributed by atoms with E-state index in [9.17, 15) is 4.79 Å². The molecule has 0 bridgehead atoms. The van der Waals surface area contributed by atoms with Crippen LogP contribution in [0.25, 0.3) is 9.88 Å². The van der Waals surface area contributed by atoms with Gasteiger partial charge in [-0.25, -0.2) is 4.98 Å². The standard InChI is InChI=1S/C19H18N2O3S2/c1-3-21(10-13-6-7-14-15(9-13)24-11-23-14)19(22)17-12(2)20-18(26-17)16-5-4-8-25-16/h4-9H,3,10-11H2,1-2H3. The lowest BCUT2D eigenvalue weighted by atomic mass is 10.2. The van der Waals surface area contributed by atoms with Crippen molar-refractivity contribution in [2.75, 3.05) is 13.3 Å². The van der Waals surface area contributed by atoms with Crippen LogP contribution < -0.4 is 9.47 Å². The number of ether oxygens (including phenoxy) is 2. The van der Waals surface area contributed by atoms with Crippen molar-refractivity contribution in [3.8, 4) is 21.4 Å². The zero-order chi connectivity index (χ0) is 18.1. The Balaban J connectivity index is 1.56. The molecule has 1 amide bonds. The van der Waals surface area contributed by atoms with Crippen LogP contribution in [0.15, 0.2) is 35.7 Å². The summed E-state index contributed by atoms with van der Waals surface area (Å²) in [5.41, 5.74) is 1.80. The van der Waals surface area contributed by atoms with E-state index in [2.05, 4.69) is 4.98 Å². The highest BCUT2D eigenvalue weighted by molar-refractivity contribution is 7.22. The van der Waals surface area contributed by atoms with Crippen LogP contribution in [0.3, 0.4) is 0 Å². The molecule has 7 heteroatoms. The van der Waals surface area contributed by atoms with Gasteiger partial charge >= 0.3 is 0 Å². The molecule has 0 N–H and O–H groups in total. The van der Waals surface area contributed by atoms with Crippen LogP contribution >= 0.6 is 22.7 Å². The number of fused-ring (bicyclic) bond motifs is 1. The maximum absolute atomic E-state index is 13.1. The Hall–Kier alpha value is -2.38. The number of aromatic nitrogens is 1. The third kappa shape index (κ3) is 3.20. The number of benzene rings is 1. The van der Waals surface area contributed by atoms with E-state index in [1.54, 1.807) is 11.3 Å². The van der Waals surface area contributed by atoms with Crippen LogP contribution in [0.1, 0.15) is 27.9 Å². The predicted octanol–water partition coefficient (Wildman–Crippen LogP) is 4.57. The Kier molecular flexibility index (Phi) is 4.65. The molecule has 4 rings (SSSR count). The number of carbonyl (C=O) groups is 1. The van der Waals surface area contributed by atoms with Crippen LogP contribution in [-0.4, -0.2) is 29.1 Å². The summed E-state index contributed by atoms with van der Waals surface area (Å²) >= 11 is 3.10. The summed E-state index contributed by atoms with van der Waals surface area (Å²) in [5, 5.41) is 2.92.